The number of nitrogen functional groups attached to an aromatic ring is 1. The molecule has 0 unspecified atom stereocenters. The zero-order chi connectivity index (χ0) is 15.6. The molecule has 0 amide bonds. The first-order chi connectivity index (χ1) is 9.09. The quantitative estimate of drug-likeness (QED) is 0.787. The van der Waals surface area contributed by atoms with E-state index in [1.165, 1.54) is 0 Å². The molecular formula is C14H24N2O3S. The summed E-state index contributed by atoms with van der Waals surface area (Å²) >= 11 is 0. The summed E-state index contributed by atoms with van der Waals surface area (Å²) in [5.41, 5.74) is 7.15. The molecule has 0 heterocycles. The molecule has 0 fully saturated rings. The number of rotatable bonds is 6. The monoisotopic (exact) mass is 300 g/mol. The third-order valence-corrected chi connectivity index (χ3v) is 4.58. The first-order valence-electron chi connectivity index (χ1n) is 6.59. The molecular weight excluding hydrogens is 276 g/mol. The predicted molar refractivity (Wildman–Crippen MR) is 81.2 cm³/mol. The fourth-order valence-corrected chi connectivity index (χ4v) is 3.48. The van der Waals surface area contributed by atoms with Crippen molar-refractivity contribution in [1.29, 1.82) is 0 Å². The maximum atomic E-state index is 12.4. The SMILES string of the molecule is CCOC(C)(C)CNS(=O)(=O)c1cc(C)cc(N)c1C. The van der Waals surface area contributed by atoms with Crippen LogP contribution in [0.4, 0.5) is 5.69 Å². The summed E-state index contributed by atoms with van der Waals surface area (Å²) in [5.74, 6) is 0. The molecule has 1 aromatic rings. The van der Waals surface area contributed by atoms with Crippen molar-refractivity contribution in [2.75, 3.05) is 18.9 Å². The number of sulfonamides is 1. The highest BCUT2D eigenvalue weighted by Crippen LogP contribution is 2.23. The van der Waals surface area contributed by atoms with E-state index < -0.39 is 15.6 Å². The van der Waals surface area contributed by atoms with Crippen LogP contribution in [0.25, 0.3) is 0 Å². The molecule has 1 rings (SSSR count). The average Bonchev–Trinajstić information content (AvgIpc) is 2.31. The molecule has 0 saturated heterocycles. The maximum Gasteiger partial charge on any atom is 0.241 e. The van der Waals surface area contributed by atoms with E-state index in [2.05, 4.69) is 4.72 Å². The van der Waals surface area contributed by atoms with Crippen molar-refractivity contribution in [1.82, 2.24) is 4.72 Å². The summed E-state index contributed by atoms with van der Waals surface area (Å²) in [5, 5.41) is 0. The number of nitrogens with two attached hydrogens (primary N) is 1. The molecule has 114 valence electrons. The van der Waals surface area contributed by atoms with Gasteiger partial charge in [0.05, 0.1) is 10.5 Å². The van der Waals surface area contributed by atoms with Crippen molar-refractivity contribution in [2.24, 2.45) is 0 Å². The van der Waals surface area contributed by atoms with E-state index in [1.807, 2.05) is 27.7 Å². The molecule has 0 saturated carbocycles. The summed E-state index contributed by atoms with van der Waals surface area (Å²) in [4.78, 5) is 0.224. The lowest BCUT2D eigenvalue weighted by Crippen LogP contribution is -2.40. The lowest BCUT2D eigenvalue weighted by atomic mass is 10.1. The zero-order valence-corrected chi connectivity index (χ0v) is 13.6. The maximum absolute atomic E-state index is 12.4. The topological polar surface area (TPSA) is 81.4 Å². The molecule has 6 heteroatoms. The Morgan fingerprint density at radius 2 is 1.90 bits per heavy atom. The van der Waals surface area contributed by atoms with Gasteiger partial charge in [0.2, 0.25) is 10.0 Å². The van der Waals surface area contributed by atoms with Crippen molar-refractivity contribution in [3.63, 3.8) is 0 Å². The van der Waals surface area contributed by atoms with Crippen LogP contribution in [-0.4, -0.2) is 27.2 Å². The fraction of sp³-hybridized carbons (Fsp3) is 0.571. The van der Waals surface area contributed by atoms with Crippen molar-refractivity contribution in [3.05, 3.63) is 23.3 Å². The highest BCUT2D eigenvalue weighted by Gasteiger charge is 2.24. The second-order valence-electron chi connectivity index (χ2n) is 5.49. The van der Waals surface area contributed by atoms with Gasteiger partial charge in [0.15, 0.2) is 0 Å². The Bertz CT molecular complexity index is 580. The Kier molecular flexibility index (Phi) is 5.18. The third kappa shape index (κ3) is 4.19. The molecule has 0 spiro atoms. The second-order valence-corrected chi connectivity index (χ2v) is 7.23. The molecule has 20 heavy (non-hydrogen) atoms. The number of hydrogen-bond donors (Lipinski definition) is 2. The highest BCUT2D eigenvalue weighted by atomic mass is 32.2. The van der Waals surface area contributed by atoms with E-state index in [0.717, 1.165) is 5.56 Å². The lowest BCUT2D eigenvalue weighted by molar-refractivity contribution is -0.00515. The number of ether oxygens (including phenoxy) is 1. The zero-order valence-electron chi connectivity index (χ0n) is 12.8. The van der Waals surface area contributed by atoms with Crippen molar-refractivity contribution in [3.8, 4) is 0 Å². The first kappa shape index (κ1) is 16.9. The Morgan fingerprint density at radius 1 is 1.30 bits per heavy atom. The van der Waals surface area contributed by atoms with E-state index in [-0.39, 0.29) is 11.4 Å². The van der Waals surface area contributed by atoms with Gasteiger partial charge in [0, 0.05) is 18.8 Å². The third-order valence-electron chi connectivity index (χ3n) is 3.06. The number of benzene rings is 1. The Balaban J connectivity index is 3.01. The van der Waals surface area contributed by atoms with Gasteiger partial charge in [0.1, 0.15) is 0 Å². The lowest BCUT2D eigenvalue weighted by Gasteiger charge is -2.25. The van der Waals surface area contributed by atoms with E-state index in [4.69, 9.17) is 10.5 Å². The van der Waals surface area contributed by atoms with Crippen LogP contribution in [0.1, 0.15) is 31.9 Å². The van der Waals surface area contributed by atoms with Crippen LogP contribution >= 0.6 is 0 Å². The smallest absolute Gasteiger partial charge is 0.241 e. The van der Waals surface area contributed by atoms with E-state index in [1.54, 1.807) is 19.1 Å². The minimum atomic E-state index is -3.60. The fourth-order valence-electron chi connectivity index (χ4n) is 1.92. The van der Waals surface area contributed by atoms with Gasteiger partial charge in [-0.15, -0.1) is 0 Å². The van der Waals surface area contributed by atoms with Gasteiger partial charge in [-0.05, 0) is 57.9 Å². The van der Waals surface area contributed by atoms with Gasteiger partial charge in [-0.2, -0.15) is 0 Å². The molecule has 3 N–H and O–H groups in total. The van der Waals surface area contributed by atoms with Crippen LogP contribution < -0.4 is 10.5 Å². The average molecular weight is 300 g/mol. The molecule has 0 radical (unpaired) electrons. The van der Waals surface area contributed by atoms with Gasteiger partial charge in [-0.1, -0.05) is 0 Å². The molecule has 1 aromatic carbocycles. The normalized spacial score (nSPS) is 12.7. The number of hydrogen-bond acceptors (Lipinski definition) is 4. The summed E-state index contributed by atoms with van der Waals surface area (Å²) in [6, 6.07) is 3.39. The number of aryl methyl sites for hydroxylation is 1. The molecule has 0 bridgehead atoms. The van der Waals surface area contributed by atoms with Gasteiger partial charge in [-0.25, -0.2) is 13.1 Å². The highest BCUT2D eigenvalue weighted by molar-refractivity contribution is 7.89. The Morgan fingerprint density at radius 3 is 2.45 bits per heavy atom. The van der Waals surface area contributed by atoms with Crippen molar-refractivity contribution >= 4 is 15.7 Å². The van der Waals surface area contributed by atoms with Crippen LogP contribution in [0.5, 0.6) is 0 Å². The van der Waals surface area contributed by atoms with E-state index in [9.17, 15) is 8.42 Å². The Labute approximate surface area is 121 Å². The Hall–Kier alpha value is -1.11. The largest absolute Gasteiger partial charge is 0.398 e. The molecule has 0 atom stereocenters. The van der Waals surface area contributed by atoms with Crippen LogP contribution in [0.15, 0.2) is 17.0 Å². The van der Waals surface area contributed by atoms with E-state index >= 15 is 0 Å². The van der Waals surface area contributed by atoms with Crippen LogP contribution in [0.3, 0.4) is 0 Å². The minimum absolute atomic E-state index is 0.205. The van der Waals surface area contributed by atoms with Crippen LogP contribution in [0, 0.1) is 13.8 Å². The van der Waals surface area contributed by atoms with Gasteiger partial charge in [-0.3, -0.25) is 0 Å². The predicted octanol–water partition coefficient (Wildman–Crippen LogP) is 1.98. The minimum Gasteiger partial charge on any atom is -0.398 e. The number of nitrogens with one attached hydrogen (secondary N) is 1. The van der Waals surface area contributed by atoms with Gasteiger partial charge >= 0.3 is 0 Å². The second kappa shape index (κ2) is 6.11. The van der Waals surface area contributed by atoms with Gasteiger partial charge in [0.25, 0.3) is 0 Å². The van der Waals surface area contributed by atoms with Crippen LogP contribution in [0.2, 0.25) is 0 Å². The summed E-state index contributed by atoms with van der Waals surface area (Å²) < 4.78 is 32.8. The molecule has 0 aliphatic rings. The number of anilines is 1. The van der Waals surface area contributed by atoms with E-state index in [0.29, 0.717) is 17.9 Å². The summed E-state index contributed by atoms with van der Waals surface area (Å²) in [6.07, 6.45) is 0. The molecule has 5 nitrogen and oxygen atoms in total. The summed E-state index contributed by atoms with van der Waals surface area (Å²) in [6.45, 7) is 9.83. The summed E-state index contributed by atoms with van der Waals surface area (Å²) in [7, 11) is -3.60. The molecule has 0 aliphatic carbocycles. The molecule has 0 aromatic heterocycles. The van der Waals surface area contributed by atoms with Crippen LogP contribution in [-0.2, 0) is 14.8 Å². The standard InChI is InChI=1S/C14H24N2O3S/c1-6-19-14(4,5)9-16-20(17,18)13-8-10(2)7-12(15)11(13)3/h7-8,16H,6,9,15H2,1-5H3. The van der Waals surface area contributed by atoms with Crippen molar-refractivity contribution in [2.45, 2.75) is 45.1 Å². The van der Waals surface area contributed by atoms with Crippen molar-refractivity contribution < 1.29 is 13.2 Å². The molecule has 0 aliphatic heterocycles. The van der Waals surface area contributed by atoms with Gasteiger partial charge < -0.3 is 10.5 Å². The first-order valence-corrected chi connectivity index (χ1v) is 8.08.